The van der Waals surface area contributed by atoms with E-state index in [1.54, 1.807) is 6.20 Å². The molecule has 1 unspecified atom stereocenters. The monoisotopic (exact) mass is 259 g/mol. The maximum atomic E-state index is 5.83. The summed E-state index contributed by atoms with van der Waals surface area (Å²) in [5, 5.41) is 0. The Kier molecular flexibility index (Phi) is 4.65. The zero-order valence-corrected chi connectivity index (χ0v) is 11.3. The van der Waals surface area contributed by atoms with Gasteiger partial charge in [0.05, 0.1) is 12.3 Å². The van der Waals surface area contributed by atoms with E-state index in [2.05, 4.69) is 29.7 Å². The van der Waals surface area contributed by atoms with E-state index in [1.165, 1.54) is 5.56 Å². The van der Waals surface area contributed by atoms with Gasteiger partial charge in [-0.1, -0.05) is 30.3 Å². The van der Waals surface area contributed by atoms with E-state index < -0.39 is 0 Å². The average Bonchev–Trinajstić information content (AvgIpc) is 2.42. The maximum Gasteiger partial charge on any atom is 0.140 e. The second-order valence-electron chi connectivity index (χ2n) is 4.19. The molecule has 1 aromatic carbocycles. The first kappa shape index (κ1) is 13.0. The Labute approximate surface area is 113 Å². The van der Waals surface area contributed by atoms with Crippen molar-refractivity contribution in [3.63, 3.8) is 0 Å². The van der Waals surface area contributed by atoms with Crippen molar-refractivity contribution in [3.05, 3.63) is 59.9 Å². The SMILES string of the molecule is Cc1ncccc1OCC(CS)c1ccccc1. The standard InChI is InChI=1S/C15H17NOS/c1-12-15(8-5-9-16-12)17-10-14(11-18)13-6-3-2-4-7-13/h2-9,14,18H,10-11H2,1H3. The summed E-state index contributed by atoms with van der Waals surface area (Å²) in [4.78, 5) is 4.21. The Morgan fingerprint density at radius 3 is 2.61 bits per heavy atom. The molecule has 0 radical (unpaired) electrons. The number of pyridine rings is 1. The molecule has 2 aromatic rings. The fourth-order valence-corrected chi connectivity index (χ4v) is 2.11. The predicted molar refractivity (Wildman–Crippen MR) is 77.5 cm³/mol. The first-order valence-electron chi connectivity index (χ1n) is 6.01. The summed E-state index contributed by atoms with van der Waals surface area (Å²) in [6.07, 6.45) is 1.77. The Morgan fingerprint density at radius 1 is 1.17 bits per heavy atom. The summed E-state index contributed by atoms with van der Waals surface area (Å²) in [7, 11) is 0. The first-order valence-corrected chi connectivity index (χ1v) is 6.64. The Balaban J connectivity index is 2.02. The van der Waals surface area contributed by atoms with E-state index in [1.807, 2.05) is 37.3 Å². The highest BCUT2D eigenvalue weighted by Crippen LogP contribution is 2.20. The van der Waals surface area contributed by atoms with Gasteiger partial charge in [0.1, 0.15) is 5.75 Å². The molecule has 2 nitrogen and oxygen atoms in total. The van der Waals surface area contributed by atoms with Crippen molar-refractivity contribution in [2.24, 2.45) is 0 Å². The van der Waals surface area contributed by atoms with Gasteiger partial charge >= 0.3 is 0 Å². The van der Waals surface area contributed by atoms with E-state index >= 15 is 0 Å². The lowest BCUT2D eigenvalue weighted by atomic mass is 10.0. The van der Waals surface area contributed by atoms with Gasteiger partial charge < -0.3 is 4.74 Å². The minimum Gasteiger partial charge on any atom is -0.491 e. The van der Waals surface area contributed by atoms with Gasteiger partial charge in [-0.25, -0.2) is 0 Å². The van der Waals surface area contributed by atoms with Crippen LogP contribution < -0.4 is 4.74 Å². The molecule has 0 saturated carbocycles. The van der Waals surface area contributed by atoms with Crippen molar-refractivity contribution in [3.8, 4) is 5.75 Å². The summed E-state index contributed by atoms with van der Waals surface area (Å²) in [5.74, 6) is 1.91. The molecule has 0 aliphatic carbocycles. The number of aromatic nitrogens is 1. The van der Waals surface area contributed by atoms with Crippen LogP contribution in [0.4, 0.5) is 0 Å². The molecule has 18 heavy (non-hydrogen) atoms. The lowest BCUT2D eigenvalue weighted by molar-refractivity contribution is 0.294. The van der Waals surface area contributed by atoms with Gasteiger partial charge in [0, 0.05) is 17.9 Å². The van der Waals surface area contributed by atoms with E-state index in [9.17, 15) is 0 Å². The molecular weight excluding hydrogens is 242 g/mol. The van der Waals surface area contributed by atoms with Gasteiger partial charge in [-0.05, 0) is 24.6 Å². The molecule has 2 rings (SSSR count). The number of aryl methyl sites for hydroxylation is 1. The quantitative estimate of drug-likeness (QED) is 0.830. The second kappa shape index (κ2) is 6.45. The normalized spacial score (nSPS) is 12.1. The van der Waals surface area contributed by atoms with Gasteiger partial charge in [-0.15, -0.1) is 0 Å². The van der Waals surface area contributed by atoms with Crippen molar-refractivity contribution in [1.82, 2.24) is 4.98 Å². The minimum absolute atomic E-state index is 0.300. The van der Waals surface area contributed by atoms with Crippen LogP contribution in [0.2, 0.25) is 0 Å². The van der Waals surface area contributed by atoms with Gasteiger partial charge in [-0.2, -0.15) is 12.6 Å². The topological polar surface area (TPSA) is 22.1 Å². The van der Waals surface area contributed by atoms with Crippen LogP contribution in [0.5, 0.6) is 5.75 Å². The molecule has 0 N–H and O–H groups in total. The van der Waals surface area contributed by atoms with E-state index in [4.69, 9.17) is 4.74 Å². The average molecular weight is 259 g/mol. The zero-order chi connectivity index (χ0) is 12.8. The van der Waals surface area contributed by atoms with Crippen molar-refractivity contribution in [1.29, 1.82) is 0 Å². The third-order valence-electron chi connectivity index (χ3n) is 2.89. The second-order valence-corrected chi connectivity index (χ2v) is 4.55. The van der Waals surface area contributed by atoms with Crippen molar-refractivity contribution < 1.29 is 4.74 Å². The Morgan fingerprint density at radius 2 is 1.94 bits per heavy atom. The van der Waals surface area contributed by atoms with Gasteiger partial charge in [0.2, 0.25) is 0 Å². The minimum atomic E-state index is 0.300. The van der Waals surface area contributed by atoms with Gasteiger partial charge in [0.25, 0.3) is 0 Å². The number of rotatable bonds is 5. The number of nitrogens with zero attached hydrogens (tertiary/aromatic N) is 1. The molecule has 0 fully saturated rings. The van der Waals surface area contributed by atoms with E-state index in [0.717, 1.165) is 17.2 Å². The largest absolute Gasteiger partial charge is 0.491 e. The van der Waals surface area contributed by atoms with Crippen LogP contribution in [-0.4, -0.2) is 17.3 Å². The Hall–Kier alpha value is -1.48. The number of thiol groups is 1. The molecule has 0 spiro atoms. The maximum absolute atomic E-state index is 5.83. The van der Waals surface area contributed by atoms with Crippen LogP contribution in [0.3, 0.4) is 0 Å². The van der Waals surface area contributed by atoms with E-state index in [0.29, 0.717) is 12.5 Å². The number of benzene rings is 1. The lowest BCUT2D eigenvalue weighted by Gasteiger charge is -2.16. The summed E-state index contributed by atoms with van der Waals surface area (Å²) < 4.78 is 5.83. The van der Waals surface area contributed by atoms with Crippen molar-refractivity contribution in [2.75, 3.05) is 12.4 Å². The van der Waals surface area contributed by atoms with Crippen molar-refractivity contribution in [2.45, 2.75) is 12.8 Å². The first-order chi connectivity index (χ1) is 8.81. The smallest absolute Gasteiger partial charge is 0.140 e. The van der Waals surface area contributed by atoms with Crippen LogP contribution in [0.15, 0.2) is 48.7 Å². The molecule has 0 amide bonds. The summed E-state index contributed by atoms with van der Waals surface area (Å²) in [6, 6.07) is 14.2. The molecule has 1 atom stereocenters. The lowest BCUT2D eigenvalue weighted by Crippen LogP contribution is -2.12. The molecule has 3 heteroatoms. The van der Waals surface area contributed by atoms with Gasteiger partial charge in [-0.3, -0.25) is 4.98 Å². The molecular formula is C15H17NOS. The summed E-state index contributed by atoms with van der Waals surface area (Å²) >= 11 is 4.40. The van der Waals surface area contributed by atoms with Crippen LogP contribution in [-0.2, 0) is 0 Å². The molecule has 0 saturated heterocycles. The van der Waals surface area contributed by atoms with E-state index in [-0.39, 0.29) is 0 Å². The van der Waals surface area contributed by atoms with Crippen LogP contribution >= 0.6 is 12.6 Å². The third kappa shape index (κ3) is 3.26. The highest BCUT2D eigenvalue weighted by molar-refractivity contribution is 7.80. The number of ether oxygens (including phenoxy) is 1. The third-order valence-corrected chi connectivity index (χ3v) is 3.33. The molecule has 0 aliphatic rings. The highest BCUT2D eigenvalue weighted by Gasteiger charge is 2.11. The fraction of sp³-hybridized carbons (Fsp3) is 0.267. The summed E-state index contributed by atoms with van der Waals surface area (Å²) in [6.45, 7) is 2.58. The number of hydrogen-bond acceptors (Lipinski definition) is 3. The molecule has 94 valence electrons. The van der Waals surface area contributed by atoms with Crippen LogP contribution in [0.1, 0.15) is 17.2 Å². The predicted octanol–water partition coefficient (Wildman–Crippen LogP) is 3.48. The number of hydrogen-bond donors (Lipinski definition) is 1. The van der Waals surface area contributed by atoms with Crippen molar-refractivity contribution >= 4 is 12.6 Å². The molecule has 0 bridgehead atoms. The molecule has 0 aliphatic heterocycles. The van der Waals surface area contributed by atoms with Crippen LogP contribution in [0.25, 0.3) is 0 Å². The van der Waals surface area contributed by atoms with Crippen LogP contribution in [0, 0.1) is 6.92 Å². The zero-order valence-electron chi connectivity index (χ0n) is 10.4. The molecule has 1 aromatic heterocycles. The fourth-order valence-electron chi connectivity index (χ4n) is 1.79. The van der Waals surface area contributed by atoms with Gasteiger partial charge in [0.15, 0.2) is 0 Å². The Bertz CT molecular complexity index is 487. The highest BCUT2D eigenvalue weighted by atomic mass is 32.1. The molecule has 1 heterocycles. The summed E-state index contributed by atoms with van der Waals surface area (Å²) in [5.41, 5.74) is 2.18.